The first kappa shape index (κ1) is 19.0. The van der Waals surface area contributed by atoms with Gasteiger partial charge in [0, 0.05) is 25.9 Å². The molecule has 0 unspecified atom stereocenters. The van der Waals surface area contributed by atoms with Gasteiger partial charge in [-0.2, -0.15) is 0 Å². The van der Waals surface area contributed by atoms with Crippen LogP contribution >= 0.6 is 11.6 Å². The van der Waals surface area contributed by atoms with Crippen LogP contribution in [0, 0.1) is 13.8 Å². The average molecular weight is 383 g/mol. The predicted octanol–water partition coefficient (Wildman–Crippen LogP) is 5.55. The lowest BCUT2D eigenvalue weighted by Crippen LogP contribution is -2.14. The fourth-order valence-corrected chi connectivity index (χ4v) is 2.73. The van der Waals surface area contributed by atoms with Crippen LogP contribution in [-0.2, 0) is 0 Å². The summed E-state index contributed by atoms with van der Waals surface area (Å²) in [5, 5.41) is 5.11. The molecule has 1 heterocycles. The van der Waals surface area contributed by atoms with Crippen molar-refractivity contribution in [2.75, 3.05) is 13.6 Å². The Morgan fingerprint density at radius 3 is 2.70 bits per heavy atom. The Morgan fingerprint density at radius 2 is 1.96 bits per heavy atom. The maximum atomic E-state index is 6.24. The van der Waals surface area contributed by atoms with Gasteiger partial charge >= 0.3 is 0 Å². The van der Waals surface area contributed by atoms with E-state index in [1.807, 2.05) is 80.8 Å². The van der Waals surface area contributed by atoms with Gasteiger partial charge in [-0.15, -0.1) is 5.10 Å². The third-order valence-electron chi connectivity index (χ3n) is 4.26. The van der Waals surface area contributed by atoms with Gasteiger partial charge in [0.2, 0.25) is 5.88 Å². The lowest BCUT2D eigenvalue weighted by molar-refractivity contribution is 0.454. The summed E-state index contributed by atoms with van der Waals surface area (Å²) < 4.78 is 7.70. The molecule has 1 aromatic heterocycles. The smallest absolute Gasteiger partial charge is 0.238 e. The fraction of sp³-hybridized carbons (Fsp3) is 0.238. The van der Waals surface area contributed by atoms with Gasteiger partial charge in [0.15, 0.2) is 0 Å². The van der Waals surface area contributed by atoms with E-state index in [0.717, 1.165) is 34.8 Å². The molecule has 0 aliphatic carbocycles. The molecule has 0 aliphatic rings. The number of aromatic nitrogens is 2. The standard InChI is InChI=1S/C21H23ClN4O/c1-5-25(4)14-23-18-12-16(3)20(13-15(18)2)27-21-10-11-26(24-21)19-9-7-6-8-17(19)22/h6-14H,5H2,1-4H3. The largest absolute Gasteiger partial charge is 0.437 e. The molecule has 0 fully saturated rings. The normalized spacial score (nSPS) is 11.1. The molecule has 6 heteroatoms. The number of hydrogen-bond donors (Lipinski definition) is 0. The number of para-hydroxylation sites is 1. The van der Waals surface area contributed by atoms with Crippen molar-refractivity contribution in [3.8, 4) is 17.3 Å². The summed E-state index contributed by atoms with van der Waals surface area (Å²) in [6.45, 7) is 7.02. The summed E-state index contributed by atoms with van der Waals surface area (Å²) in [7, 11) is 2.00. The molecule has 2 aromatic carbocycles. The second kappa shape index (κ2) is 8.27. The van der Waals surface area contributed by atoms with Crippen molar-refractivity contribution in [2.24, 2.45) is 4.99 Å². The summed E-state index contributed by atoms with van der Waals surface area (Å²) in [6, 6.07) is 13.4. The van der Waals surface area contributed by atoms with Crippen LogP contribution in [0.5, 0.6) is 11.6 Å². The van der Waals surface area contributed by atoms with Crippen LogP contribution in [0.1, 0.15) is 18.1 Å². The minimum atomic E-state index is 0.513. The van der Waals surface area contributed by atoms with Crippen LogP contribution in [0.2, 0.25) is 5.02 Å². The first-order valence-corrected chi connectivity index (χ1v) is 9.20. The third kappa shape index (κ3) is 4.49. The zero-order valence-electron chi connectivity index (χ0n) is 16.0. The lowest BCUT2D eigenvalue weighted by atomic mass is 10.1. The van der Waals surface area contributed by atoms with Crippen molar-refractivity contribution >= 4 is 23.6 Å². The number of aliphatic imine (C=N–C) groups is 1. The second-order valence-electron chi connectivity index (χ2n) is 6.37. The minimum absolute atomic E-state index is 0.513. The summed E-state index contributed by atoms with van der Waals surface area (Å²) in [5.41, 5.74) is 3.79. The molecule has 5 nitrogen and oxygen atoms in total. The van der Waals surface area contributed by atoms with E-state index >= 15 is 0 Å². The van der Waals surface area contributed by atoms with Crippen LogP contribution in [0.4, 0.5) is 5.69 Å². The molecule has 0 bridgehead atoms. The van der Waals surface area contributed by atoms with Crippen molar-refractivity contribution in [3.63, 3.8) is 0 Å². The third-order valence-corrected chi connectivity index (χ3v) is 4.58. The van der Waals surface area contributed by atoms with E-state index in [1.54, 1.807) is 4.68 Å². The van der Waals surface area contributed by atoms with Gasteiger partial charge in [-0.1, -0.05) is 23.7 Å². The molecule has 3 aromatic rings. The molecule has 0 saturated carbocycles. The Kier molecular flexibility index (Phi) is 5.81. The van der Waals surface area contributed by atoms with Gasteiger partial charge in [0.25, 0.3) is 0 Å². The molecule has 0 spiro atoms. The molecule has 0 saturated heterocycles. The molecular formula is C21H23ClN4O. The highest BCUT2D eigenvalue weighted by atomic mass is 35.5. The van der Waals surface area contributed by atoms with Crippen LogP contribution in [-0.4, -0.2) is 34.6 Å². The summed E-state index contributed by atoms with van der Waals surface area (Å²) in [6.07, 6.45) is 3.67. The van der Waals surface area contributed by atoms with E-state index < -0.39 is 0 Å². The first-order valence-electron chi connectivity index (χ1n) is 8.82. The van der Waals surface area contributed by atoms with Crippen molar-refractivity contribution in [1.29, 1.82) is 0 Å². The number of nitrogens with zero attached hydrogens (tertiary/aromatic N) is 4. The Balaban J connectivity index is 1.81. The molecule has 0 aliphatic heterocycles. The topological polar surface area (TPSA) is 42.6 Å². The Bertz CT molecular complexity index is 965. The van der Waals surface area contributed by atoms with E-state index in [1.165, 1.54) is 0 Å². The van der Waals surface area contributed by atoms with Crippen molar-refractivity contribution in [3.05, 3.63) is 64.8 Å². The fourth-order valence-electron chi connectivity index (χ4n) is 2.51. The molecule has 27 heavy (non-hydrogen) atoms. The predicted molar refractivity (Wildman–Crippen MR) is 111 cm³/mol. The molecule has 0 atom stereocenters. The lowest BCUT2D eigenvalue weighted by Gasteiger charge is -2.11. The van der Waals surface area contributed by atoms with E-state index in [9.17, 15) is 0 Å². The zero-order chi connectivity index (χ0) is 19.4. The van der Waals surface area contributed by atoms with Gasteiger partial charge in [0.1, 0.15) is 5.75 Å². The van der Waals surface area contributed by atoms with Crippen LogP contribution in [0.25, 0.3) is 5.69 Å². The molecular weight excluding hydrogens is 360 g/mol. The molecule has 0 amide bonds. The minimum Gasteiger partial charge on any atom is -0.437 e. The van der Waals surface area contributed by atoms with Crippen LogP contribution in [0.15, 0.2) is 53.7 Å². The number of benzene rings is 2. The first-order chi connectivity index (χ1) is 13.0. The summed E-state index contributed by atoms with van der Waals surface area (Å²) in [5.74, 6) is 1.28. The van der Waals surface area contributed by atoms with E-state index in [-0.39, 0.29) is 0 Å². The van der Waals surface area contributed by atoms with E-state index in [0.29, 0.717) is 10.9 Å². The summed E-state index contributed by atoms with van der Waals surface area (Å²) in [4.78, 5) is 6.58. The average Bonchev–Trinajstić information content (AvgIpc) is 3.11. The van der Waals surface area contributed by atoms with E-state index in [4.69, 9.17) is 16.3 Å². The van der Waals surface area contributed by atoms with Gasteiger partial charge in [0.05, 0.1) is 22.7 Å². The van der Waals surface area contributed by atoms with Gasteiger partial charge in [-0.25, -0.2) is 9.67 Å². The number of ether oxygens (including phenoxy) is 1. The SMILES string of the molecule is CCN(C)C=Nc1cc(C)c(Oc2ccn(-c3ccccc3Cl)n2)cc1C. The van der Waals surface area contributed by atoms with Gasteiger partial charge < -0.3 is 9.64 Å². The molecule has 3 rings (SSSR count). The van der Waals surface area contributed by atoms with Crippen LogP contribution < -0.4 is 4.74 Å². The molecule has 140 valence electrons. The highest BCUT2D eigenvalue weighted by Gasteiger charge is 2.10. The highest BCUT2D eigenvalue weighted by molar-refractivity contribution is 6.32. The summed E-state index contributed by atoms with van der Waals surface area (Å²) >= 11 is 6.24. The van der Waals surface area contributed by atoms with E-state index in [2.05, 4.69) is 17.0 Å². The monoisotopic (exact) mass is 382 g/mol. The molecule has 0 N–H and O–H groups in total. The van der Waals surface area contributed by atoms with Crippen molar-refractivity contribution < 1.29 is 4.74 Å². The zero-order valence-corrected chi connectivity index (χ0v) is 16.7. The van der Waals surface area contributed by atoms with Gasteiger partial charge in [-0.3, -0.25) is 0 Å². The Labute approximate surface area is 164 Å². The number of hydrogen-bond acceptors (Lipinski definition) is 3. The number of rotatable bonds is 6. The van der Waals surface area contributed by atoms with Gasteiger partial charge in [-0.05, 0) is 56.2 Å². The van der Waals surface area contributed by atoms with Crippen molar-refractivity contribution in [1.82, 2.24) is 14.7 Å². The Morgan fingerprint density at radius 1 is 1.19 bits per heavy atom. The maximum Gasteiger partial charge on any atom is 0.238 e. The quantitative estimate of drug-likeness (QED) is 0.415. The number of aryl methyl sites for hydroxylation is 2. The molecule has 0 radical (unpaired) electrons. The maximum absolute atomic E-state index is 6.24. The van der Waals surface area contributed by atoms with Crippen LogP contribution in [0.3, 0.4) is 0 Å². The Hall–Kier alpha value is -2.79. The number of halogens is 1. The van der Waals surface area contributed by atoms with Crippen molar-refractivity contribution in [2.45, 2.75) is 20.8 Å². The second-order valence-corrected chi connectivity index (χ2v) is 6.78. The highest BCUT2D eigenvalue weighted by Crippen LogP contribution is 2.31.